The second-order valence-electron chi connectivity index (χ2n) is 6.11. The number of carbonyl (C=O) groups excluding carboxylic acids is 1. The first kappa shape index (κ1) is 22.3. The van der Waals surface area contributed by atoms with E-state index in [1.54, 1.807) is 54.2 Å². The molecule has 1 amide bonds. The molecule has 0 atom stereocenters. The predicted octanol–water partition coefficient (Wildman–Crippen LogP) is 6.97. The molecule has 0 aliphatic carbocycles. The topological polar surface area (TPSA) is 50.4 Å². The second-order valence-corrected chi connectivity index (χ2v) is 8.73. The number of thioether (sulfide) groups is 1. The third-order valence-corrected chi connectivity index (χ3v) is 6.04. The lowest BCUT2D eigenvalue weighted by Gasteiger charge is -2.12. The zero-order valence-electron chi connectivity index (χ0n) is 16.4. The van der Waals surface area contributed by atoms with E-state index in [-0.39, 0.29) is 5.91 Å². The van der Waals surface area contributed by atoms with Crippen LogP contribution in [0.3, 0.4) is 0 Å². The van der Waals surface area contributed by atoms with E-state index in [4.69, 9.17) is 16.3 Å². The zero-order chi connectivity index (χ0) is 21.5. The van der Waals surface area contributed by atoms with Gasteiger partial charge in [0.25, 0.3) is 5.91 Å². The summed E-state index contributed by atoms with van der Waals surface area (Å²) < 4.78 is 22.6. The van der Waals surface area contributed by atoms with Crippen molar-refractivity contribution in [3.05, 3.63) is 77.1 Å². The maximum absolute atomic E-state index is 14.2. The summed E-state index contributed by atoms with van der Waals surface area (Å²) in [5.74, 6) is 0.665. The van der Waals surface area contributed by atoms with Crippen LogP contribution >= 0.6 is 35.3 Å². The molecular weight excluding hydrogens is 443 g/mol. The molecule has 30 heavy (non-hydrogen) atoms. The molecule has 0 heterocycles. The summed E-state index contributed by atoms with van der Waals surface area (Å²) in [4.78, 5) is 14.2. The Balaban J connectivity index is 1.75. The summed E-state index contributed by atoms with van der Waals surface area (Å²) in [6.07, 6.45) is 0. The average Bonchev–Trinajstić information content (AvgIpc) is 2.75. The van der Waals surface area contributed by atoms with Gasteiger partial charge in [-0.05, 0) is 78.4 Å². The van der Waals surface area contributed by atoms with E-state index in [1.165, 1.54) is 19.2 Å². The maximum Gasteiger partial charge on any atom is 0.259 e. The van der Waals surface area contributed by atoms with Gasteiger partial charge in [-0.2, -0.15) is 0 Å². The molecule has 3 rings (SSSR count). The van der Waals surface area contributed by atoms with Crippen molar-refractivity contribution in [3.63, 3.8) is 0 Å². The van der Waals surface area contributed by atoms with Gasteiger partial charge in [-0.25, -0.2) is 4.39 Å². The van der Waals surface area contributed by atoms with Crippen molar-refractivity contribution in [3.8, 4) is 5.75 Å². The van der Waals surface area contributed by atoms with Crippen LogP contribution in [0.15, 0.2) is 70.5 Å². The van der Waals surface area contributed by atoms with Gasteiger partial charge in [0.2, 0.25) is 0 Å². The number of methoxy groups -OCH3 is 1. The Bertz CT molecular complexity index is 1030. The Labute approximate surface area is 188 Å². The average molecular weight is 463 g/mol. The van der Waals surface area contributed by atoms with Crippen LogP contribution in [-0.4, -0.2) is 18.8 Å². The number of anilines is 2. The quantitative estimate of drug-likeness (QED) is 0.279. The Morgan fingerprint density at radius 3 is 2.50 bits per heavy atom. The minimum absolute atomic E-state index is 0.321. The number of halogens is 2. The number of ether oxygens (including phenoxy) is 1. The van der Waals surface area contributed by atoms with Gasteiger partial charge in [0.15, 0.2) is 0 Å². The molecule has 0 saturated heterocycles. The molecular formula is C22H20ClFN2O2S2. The molecule has 0 saturated carbocycles. The Morgan fingerprint density at radius 2 is 1.80 bits per heavy atom. The standard InChI is InChI=1S/C22H20ClFN2O2S2/c1-3-29-17-9-11-20(28-2)18(13-17)22(27)25-16-8-10-19(24)21(12-16)30-26-15-6-4-14(23)5-7-15/h4-13,26H,3H2,1-2H3,(H,25,27). The largest absolute Gasteiger partial charge is 0.496 e. The summed E-state index contributed by atoms with van der Waals surface area (Å²) in [7, 11) is 1.52. The fourth-order valence-corrected chi connectivity index (χ4v) is 4.15. The number of benzene rings is 3. The van der Waals surface area contributed by atoms with Gasteiger partial charge in [-0.3, -0.25) is 4.79 Å². The minimum atomic E-state index is -0.390. The highest BCUT2D eigenvalue weighted by molar-refractivity contribution is 8.00. The minimum Gasteiger partial charge on any atom is -0.496 e. The SMILES string of the molecule is CCSc1ccc(OC)c(C(=O)Nc2ccc(F)c(SNc3ccc(Cl)cc3)c2)c1. The van der Waals surface area contributed by atoms with E-state index in [2.05, 4.69) is 10.0 Å². The maximum atomic E-state index is 14.2. The van der Waals surface area contributed by atoms with Gasteiger partial charge in [-0.15, -0.1) is 11.8 Å². The Morgan fingerprint density at radius 1 is 1.07 bits per heavy atom. The smallest absolute Gasteiger partial charge is 0.259 e. The first-order chi connectivity index (χ1) is 14.5. The van der Waals surface area contributed by atoms with Crippen LogP contribution in [0, 0.1) is 5.82 Å². The van der Waals surface area contributed by atoms with Crippen LogP contribution in [0.4, 0.5) is 15.8 Å². The van der Waals surface area contributed by atoms with Gasteiger partial charge in [0, 0.05) is 21.3 Å². The van der Waals surface area contributed by atoms with Crippen LogP contribution in [0.5, 0.6) is 5.75 Å². The van der Waals surface area contributed by atoms with Crippen molar-refractivity contribution in [1.82, 2.24) is 0 Å². The molecule has 8 heteroatoms. The van der Waals surface area contributed by atoms with Crippen molar-refractivity contribution in [2.24, 2.45) is 0 Å². The molecule has 0 spiro atoms. The van der Waals surface area contributed by atoms with E-state index in [9.17, 15) is 9.18 Å². The lowest BCUT2D eigenvalue weighted by Crippen LogP contribution is -2.13. The molecule has 0 aliphatic heterocycles. The van der Waals surface area contributed by atoms with Gasteiger partial charge in [0.1, 0.15) is 11.6 Å². The molecule has 0 fully saturated rings. The molecule has 0 radical (unpaired) electrons. The van der Waals surface area contributed by atoms with E-state index in [0.29, 0.717) is 26.9 Å². The summed E-state index contributed by atoms with van der Waals surface area (Å²) in [5.41, 5.74) is 1.69. The first-order valence-electron chi connectivity index (χ1n) is 9.10. The normalized spacial score (nSPS) is 10.5. The zero-order valence-corrected chi connectivity index (χ0v) is 18.8. The molecule has 3 aromatic rings. The first-order valence-corrected chi connectivity index (χ1v) is 11.3. The summed E-state index contributed by atoms with van der Waals surface area (Å²) in [6, 6.07) is 17.0. The molecule has 156 valence electrons. The highest BCUT2D eigenvalue weighted by atomic mass is 35.5. The van der Waals surface area contributed by atoms with E-state index >= 15 is 0 Å². The number of amides is 1. The number of carbonyl (C=O) groups is 1. The van der Waals surface area contributed by atoms with Crippen LogP contribution in [0.1, 0.15) is 17.3 Å². The van der Waals surface area contributed by atoms with Crippen molar-refractivity contribution in [2.75, 3.05) is 22.9 Å². The molecule has 0 unspecified atom stereocenters. The summed E-state index contributed by atoms with van der Waals surface area (Å²) >= 11 is 8.63. The van der Waals surface area contributed by atoms with Crippen LogP contribution in [0.2, 0.25) is 5.02 Å². The van der Waals surface area contributed by atoms with Crippen LogP contribution in [0.25, 0.3) is 0 Å². The van der Waals surface area contributed by atoms with E-state index in [0.717, 1.165) is 28.3 Å². The monoisotopic (exact) mass is 462 g/mol. The third kappa shape index (κ3) is 5.84. The van der Waals surface area contributed by atoms with Crippen molar-refractivity contribution in [2.45, 2.75) is 16.7 Å². The molecule has 2 N–H and O–H groups in total. The fraction of sp³-hybridized carbons (Fsp3) is 0.136. The number of nitrogens with one attached hydrogen (secondary N) is 2. The summed E-state index contributed by atoms with van der Waals surface area (Å²) in [5, 5.41) is 3.45. The van der Waals surface area contributed by atoms with Crippen LogP contribution < -0.4 is 14.8 Å². The lowest BCUT2D eigenvalue weighted by molar-refractivity contribution is 0.102. The molecule has 3 aromatic carbocycles. The number of hydrogen-bond donors (Lipinski definition) is 2. The fourth-order valence-electron chi connectivity index (χ4n) is 2.61. The van der Waals surface area contributed by atoms with Crippen molar-refractivity contribution >= 4 is 52.6 Å². The molecule has 0 aromatic heterocycles. The number of hydrogen-bond acceptors (Lipinski definition) is 5. The van der Waals surface area contributed by atoms with E-state index < -0.39 is 5.82 Å². The van der Waals surface area contributed by atoms with Gasteiger partial charge < -0.3 is 14.8 Å². The molecule has 0 bridgehead atoms. The lowest BCUT2D eigenvalue weighted by atomic mass is 10.2. The highest BCUT2D eigenvalue weighted by Crippen LogP contribution is 2.29. The third-order valence-electron chi connectivity index (χ3n) is 4.04. The van der Waals surface area contributed by atoms with Crippen molar-refractivity contribution in [1.29, 1.82) is 0 Å². The Kier molecular flexibility index (Phi) is 7.90. The molecule has 0 aliphatic rings. The highest BCUT2D eigenvalue weighted by Gasteiger charge is 2.15. The van der Waals surface area contributed by atoms with Crippen LogP contribution in [-0.2, 0) is 0 Å². The van der Waals surface area contributed by atoms with Gasteiger partial charge in [-0.1, -0.05) is 18.5 Å². The van der Waals surface area contributed by atoms with Crippen molar-refractivity contribution < 1.29 is 13.9 Å². The predicted molar refractivity (Wildman–Crippen MR) is 125 cm³/mol. The Hall–Kier alpha value is -2.35. The van der Waals surface area contributed by atoms with E-state index in [1.807, 2.05) is 13.0 Å². The van der Waals surface area contributed by atoms with Gasteiger partial charge >= 0.3 is 0 Å². The molecule has 4 nitrogen and oxygen atoms in total. The number of rotatable bonds is 8. The second kappa shape index (κ2) is 10.6. The van der Waals surface area contributed by atoms with Gasteiger partial charge in [0.05, 0.1) is 17.6 Å². The summed E-state index contributed by atoms with van der Waals surface area (Å²) in [6.45, 7) is 2.05.